The Morgan fingerprint density at radius 2 is 1.93 bits per heavy atom. The van der Waals surface area contributed by atoms with Gasteiger partial charge in [-0.05, 0) is 36.1 Å². The van der Waals surface area contributed by atoms with Gasteiger partial charge in [0.25, 0.3) is 0 Å². The largest absolute Gasteiger partial charge is 0.449 e. The lowest BCUT2D eigenvalue weighted by Crippen LogP contribution is -2.37. The molecular formula is C22H33N5O3. The fourth-order valence-electron chi connectivity index (χ4n) is 3.17. The third-order valence-corrected chi connectivity index (χ3v) is 4.76. The van der Waals surface area contributed by atoms with Crippen LogP contribution < -0.4 is 10.6 Å². The van der Waals surface area contributed by atoms with Crippen molar-refractivity contribution in [1.29, 1.82) is 0 Å². The van der Waals surface area contributed by atoms with Crippen LogP contribution in [0.2, 0.25) is 0 Å². The molecule has 2 aromatic heterocycles. The van der Waals surface area contributed by atoms with Crippen molar-refractivity contribution in [3.05, 3.63) is 47.8 Å². The maximum Gasteiger partial charge on any atom is 0.409 e. The lowest BCUT2D eigenvalue weighted by molar-refractivity contribution is 0.0740. The zero-order valence-electron chi connectivity index (χ0n) is 17.8. The zero-order valence-corrected chi connectivity index (χ0v) is 17.8. The van der Waals surface area contributed by atoms with Crippen molar-refractivity contribution in [1.82, 2.24) is 14.9 Å². The number of pyridine rings is 2. The Kier molecular flexibility index (Phi) is 6.54. The van der Waals surface area contributed by atoms with E-state index in [-0.39, 0.29) is 26.0 Å². The molecule has 2 aromatic rings. The van der Waals surface area contributed by atoms with Crippen LogP contribution in [0.4, 0.5) is 16.4 Å². The van der Waals surface area contributed by atoms with Crippen LogP contribution >= 0.6 is 0 Å². The summed E-state index contributed by atoms with van der Waals surface area (Å²) >= 11 is 0. The number of nitrogens with zero attached hydrogens (tertiary/aromatic N) is 4. The molecule has 1 aliphatic heterocycles. The van der Waals surface area contributed by atoms with Gasteiger partial charge in [0.15, 0.2) is 0 Å². The summed E-state index contributed by atoms with van der Waals surface area (Å²) in [7, 11) is 0. The number of ketones is 1. The molecule has 1 fully saturated rings. The van der Waals surface area contributed by atoms with Gasteiger partial charge < -0.3 is 20.3 Å². The van der Waals surface area contributed by atoms with E-state index < -0.39 is 0 Å². The summed E-state index contributed by atoms with van der Waals surface area (Å²) in [4.78, 5) is 37.5. The van der Waals surface area contributed by atoms with E-state index in [1.54, 1.807) is 29.3 Å². The molecule has 0 aliphatic carbocycles. The minimum Gasteiger partial charge on any atom is -0.449 e. The van der Waals surface area contributed by atoms with Crippen molar-refractivity contribution in [3.8, 4) is 0 Å². The molecule has 3 heterocycles. The first-order valence-electron chi connectivity index (χ1n) is 10.1. The van der Waals surface area contributed by atoms with Gasteiger partial charge in [-0.1, -0.05) is 26.8 Å². The van der Waals surface area contributed by atoms with Crippen LogP contribution in [0.5, 0.6) is 0 Å². The Bertz CT molecular complexity index is 920. The minimum atomic E-state index is -0.282. The number of nitrogens with two attached hydrogens (primary N) is 1. The number of anilines is 2. The topological polar surface area (TPSA) is 102 Å². The van der Waals surface area contributed by atoms with Crippen molar-refractivity contribution in [2.75, 3.05) is 43.4 Å². The monoisotopic (exact) mass is 415 g/mol. The summed E-state index contributed by atoms with van der Waals surface area (Å²) in [6.07, 6.45) is 2.06. The first-order chi connectivity index (χ1) is 14.2. The Morgan fingerprint density at radius 1 is 1.13 bits per heavy atom. The average molecular weight is 416 g/mol. The van der Waals surface area contributed by atoms with Crippen LogP contribution in [-0.2, 0) is 4.74 Å². The second-order valence-electron chi connectivity index (χ2n) is 8.59. The van der Waals surface area contributed by atoms with E-state index in [1.807, 2.05) is 32.9 Å². The first-order valence-corrected chi connectivity index (χ1v) is 10.1. The summed E-state index contributed by atoms with van der Waals surface area (Å²) < 4.78 is 5.44. The van der Waals surface area contributed by atoms with E-state index in [1.165, 1.54) is 0 Å². The van der Waals surface area contributed by atoms with E-state index >= 15 is 0 Å². The fraction of sp³-hybridized carbons (Fsp3) is 0.455. The second kappa shape index (κ2) is 9.11. The Morgan fingerprint density at radius 3 is 2.67 bits per heavy atom. The van der Waals surface area contributed by atoms with Gasteiger partial charge in [0.05, 0.1) is 12.2 Å². The highest BCUT2D eigenvalue weighted by Crippen LogP contribution is 2.19. The lowest BCUT2D eigenvalue weighted by atomic mass is 9.99. The van der Waals surface area contributed by atoms with E-state index in [9.17, 15) is 9.59 Å². The van der Waals surface area contributed by atoms with Crippen molar-refractivity contribution >= 4 is 23.5 Å². The van der Waals surface area contributed by atoms with Crippen molar-refractivity contribution in [3.63, 3.8) is 0 Å². The summed E-state index contributed by atoms with van der Waals surface area (Å²) in [5.74, 6) is 0.631. The highest BCUT2D eigenvalue weighted by atomic mass is 16.6. The molecule has 0 saturated carbocycles. The number of carbonyl (C=O) groups is 2. The first kappa shape index (κ1) is 21.5. The van der Waals surface area contributed by atoms with Crippen LogP contribution in [0.3, 0.4) is 0 Å². The van der Waals surface area contributed by atoms with Crippen LogP contribution in [0.1, 0.15) is 46.1 Å². The van der Waals surface area contributed by atoms with Gasteiger partial charge in [0.1, 0.15) is 17.3 Å². The summed E-state index contributed by atoms with van der Waals surface area (Å²) in [6, 6.07) is 8.67. The van der Waals surface area contributed by atoms with Gasteiger partial charge in [-0.15, -0.1) is 0 Å². The molecule has 1 aliphatic rings. The van der Waals surface area contributed by atoms with Crippen LogP contribution in [0.15, 0.2) is 36.5 Å². The predicted octanol–water partition coefficient (Wildman–Crippen LogP) is 3.48. The molecule has 0 aromatic carbocycles. The van der Waals surface area contributed by atoms with Gasteiger partial charge in [-0.2, -0.15) is 0 Å². The number of hydrogen-bond donors (Lipinski definition) is 1. The normalized spacial score (nSPS) is 14.9. The molecule has 8 heteroatoms. The van der Waals surface area contributed by atoms with Crippen molar-refractivity contribution in [2.45, 2.75) is 27.2 Å². The van der Waals surface area contributed by atoms with E-state index in [4.69, 9.17) is 10.5 Å². The maximum atomic E-state index is 12.8. The van der Waals surface area contributed by atoms with Gasteiger partial charge >= 0.3 is 6.09 Å². The Labute approximate surface area is 180 Å². The number of aromatic nitrogens is 2. The minimum absolute atomic E-state index is 0. The molecule has 1 saturated heterocycles. The van der Waals surface area contributed by atoms with E-state index in [0.29, 0.717) is 43.3 Å². The molecule has 30 heavy (non-hydrogen) atoms. The fourth-order valence-corrected chi connectivity index (χ4v) is 3.17. The SMILES string of the molecule is CC(C)(C)COC(=O)N1CCCN(c2cccc(C(=O)c3cccnc3N)n2)CC1.[HH].[HH]. The molecule has 0 atom stereocenters. The summed E-state index contributed by atoms with van der Waals surface area (Å²) in [5, 5.41) is 0. The van der Waals surface area contributed by atoms with E-state index in [2.05, 4.69) is 14.9 Å². The average Bonchev–Trinajstić information content (AvgIpc) is 2.98. The lowest BCUT2D eigenvalue weighted by Gasteiger charge is -2.24. The van der Waals surface area contributed by atoms with Gasteiger partial charge in [0, 0.05) is 35.2 Å². The molecule has 8 nitrogen and oxygen atoms in total. The molecule has 1 amide bonds. The molecule has 0 radical (unpaired) electrons. The second-order valence-corrected chi connectivity index (χ2v) is 8.59. The maximum absolute atomic E-state index is 12.8. The van der Waals surface area contributed by atoms with Gasteiger partial charge in [-0.25, -0.2) is 14.8 Å². The third kappa shape index (κ3) is 5.46. The van der Waals surface area contributed by atoms with Crippen molar-refractivity contribution in [2.24, 2.45) is 5.41 Å². The van der Waals surface area contributed by atoms with Crippen LogP contribution in [0, 0.1) is 5.41 Å². The van der Waals surface area contributed by atoms with Crippen molar-refractivity contribution < 1.29 is 17.2 Å². The van der Waals surface area contributed by atoms with E-state index in [0.717, 1.165) is 13.0 Å². The number of amides is 1. The Balaban J connectivity index is 0.00000256. The van der Waals surface area contributed by atoms with Gasteiger partial charge in [0.2, 0.25) is 5.78 Å². The molecule has 2 N–H and O–H groups in total. The molecule has 0 bridgehead atoms. The summed E-state index contributed by atoms with van der Waals surface area (Å²) in [5.41, 5.74) is 6.42. The van der Waals surface area contributed by atoms with Gasteiger partial charge in [-0.3, -0.25) is 4.79 Å². The number of nitrogen functional groups attached to an aromatic ring is 1. The molecule has 3 rings (SSSR count). The standard InChI is InChI=1S/C22H29N5O3.2H2/c1-22(2,3)15-30-21(29)27-12-6-11-26(13-14-27)18-9-4-8-17(25-18)19(28)16-7-5-10-24-20(16)23;;/h4-5,7-10H,6,11-15H2,1-3H3,(H2,23,24);2*1H. The number of hydrogen-bond acceptors (Lipinski definition) is 7. The third-order valence-electron chi connectivity index (χ3n) is 4.76. The molecular weight excluding hydrogens is 382 g/mol. The quantitative estimate of drug-likeness (QED) is 0.763. The number of carbonyl (C=O) groups excluding carboxylic acids is 2. The smallest absolute Gasteiger partial charge is 0.409 e. The van der Waals surface area contributed by atoms with Crippen LogP contribution in [0.25, 0.3) is 0 Å². The predicted molar refractivity (Wildman–Crippen MR) is 120 cm³/mol. The Hall–Kier alpha value is -3.16. The van der Waals surface area contributed by atoms with Crippen LogP contribution in [-0.4, -0.2) is 59.5 Å². The number of ether oxygens (including phenoxy) is 1. The summed E-state index contributed by atoms with van der Waals surface area (Å²) in [6.45, 7) is 9.00. The zero-order chi connectivity index (χ0) is 21.7. The highest BCUT2D eigenvalue weighted by molar-refractivity contribution is 6.10. The molecule has 164 valence electrons. The molecule has 0 spiro atoms. The molecule has 0 unspecified atom stereocenters. The number of rotatable bonds is 4. The highest BCUT2D eigenvalue weighted by Gasteiger charge is 2.23.